The van der Waals surface area contributed by atoms with Crippen LogP contribution in [0.3, 0.4) is 0 Å². The van der Waals surface area contributed by atoms with E-state index in [1.54, 1.807) is 0 Å². The highest BCUT2D eigenvalue weighted by atomic mass is 79.9. The average Bonchev–Trinajstić information content (AvgIpc) is 3.34. The number of nitrogens with one attached hydrogen (secondary N) is 2. The highest BCUT2D eigenvalue weighted by Crippen LogP contribution is 2.28. The molecule has 1 amide bonds. The number of amides is 1. The van der Waals surface area contributed by atoms with Crippen molar-refractivity contribution < 1.29 is 19.4 Å². The maximum atomic E-state index is 13.4. The van der Waals surface area contributed by atoms with Crippen LogP contribution in [-0.2, 0) is 22.4 Å². The molecule has 3 N–H and O–H groups in total. The first-order valence-corrected chi connectivity index (χ1v) is 12.8. The zero-order chi connectivity index (χ0) is 25.2. The molecule has 1 atom stereocenters. The number of nitrogens with zero attached hydrogens (tertiary/aromatic N) is 1. The number of carbonyl (C=O) groups excluding carboxylic acids is 1. The zero-order valence-electron chi connectivity index (χ0n) is 20.0. The quantitative estimate of drug-likeness (QED) is 0.235. The van der Waals surface area contributed by atoms with E-state index in [4.69, 9.17) is 19.6 Å². The van der Waals surface area contributed by atoms with Crippen molar-refractivity contribution in [3.8, 4) is 5.75 Å². The fourth-order valence-corrected chi connectivity index (χ4v) is 4.14. The molecule has 3 aromatic rings. The van der Waals surface area contributed by atoms with Gasteiger partial charge in [0.1, 0.15) is 12.4 Å². The number of benzene rings is 3. The van der Waals surface area contributed by atoms with Crippen LogP contribution in [0.4, 0.5) is 0 Å². The van der Waals surface area contributed by atoms with Crippen molar-refractivity contribution in [2.75, 3.05) is 26.4 Å². The molecule has 0 bridgehead atoms. The molecule has 0 unspecified atom stereocenters. The van der Waals surface area contributed by atoms with E-state index in [1.807, 2.05) is 66.7 Å². The Bertz CT molecular complexity index is 1150. The zero-order valence-corrected chi connectivity index (χ0v) is 21.5. The molecular weight excluding hydrogens is 522 g/mol. The summed E-state index contributed by atoms with van der Waals surface area (Å²) in [6.07, 6.45) is 1.77. The average molecular weight is 552 g/mol. The lowest BCUT2D eigenvalue weighted by molar-refractivity contribution is -0.127. The predicted octanol–water partition coefficient (Wildman–Crippen LogP) is 3.83. The van der Waals surface area contributed by atoms with E-state index in [0.29, 0.717) is 37.6 Å². The Hall–Kier alpha value is -3.20. The summed E-state index contributed by atoms with van der Waals surface area (Å²) in [7, 11) is 0. The normalized spacial score (nSPS) is 16.8. The number of rotatable bonds is 12. The third kappa shape index (κ3) is 6.94. The SMILES string of the molecule is O=C(NNCCc1ccccc1)[C@]1(Cc2ccc(Br)cc2)COC(c2ccc(OCCCO)cc2)=N1. The summed E-state index contributed by atoms with van der Waals surface area (Å²) in [4.78, 5) is 18.2. The number of hydrazine groups is 1. The summed E-state index contributed by atoms with van der Waals surface area (Å²) in [5.41, 5.74) is 7.75. The molecule has 0 saturated heterocycles. The number of aliphatic hydroxyl groups is 1. The van der Waals surface area contributed by atoms with Crippen LogP contribution in [0.25, 0.3) is 0 Å². The molecule has 3 aromatic carbocycles. The van der Waals surface area contributed by atoms with Crippen molar-refractivity contribution in [1.82, 2.24) is 10.9 Å². The molecule has 1 heterocycles. The van der Waals surface area contributed by atoms with Crippen LogP contribution in [-0.4, -0.2) is 48.8 Å². The van der Waals surface area contributed by atoms with E-state index < -0.39 is 5.54 Å². The smallest absolute Gasteiger partial charge is 0.266 e. The largest absolute Gasteiger partial charge is 0.494 e. The van der Waals surface area contributed by atoms with Crippen LogP contribution in [0.2, 0.25) is 0 Å². The van der Waals surface area contributed by atoms with E-state index in [1.165, 1.54) is 5.56 Å². The topological polar surface area (TPSA) is 92.2 Å². The highest BCUT2D eigenvalue weighted by molar-refractivity contribution is 9.10. The minimum Gasteiger partial charge on any atom is -0.494 e. The summed E-state index contributed by atoms with van der Waals surface area (Å²) < 4.78 is 12.5. The van der Waals surface area contributed by atoms with Crippen molar-refractivity contribution in [2.24, 2.45) is 4.99 Å². The summed E-state index contributed by atoms with van der Waals surface area (Å²) >= 11 is 3.46. The number of hydrogen-bond acceptors (Lipinski definition) is 6. The standard InChI is InChI=1S/C28H30BrN3O4/c29-24-11-7-22(8-12-24)19-28(27(34)32-30-16-15-21-5-2-1-3-6-21)20-36-26(31-28)23-9-13-25(14-10-23)35-18-4-17-33/h1-3,5-14,30,33H,4,15-20H2,(H,32,34)/t28-/m0/s1. The van der Waals surface area contributed by atoms with E-state index in [0.717, 1.165) is 22.0 Å². The lowest BCUT2D eigenvalue weighted by atomic mass is 9.91. The summed E-state index contributed by atoms with van der Waals surface area (Å²) in [5.74, 6) is 0.887. The van der Waals surface area contributed by atoms with E-state index in [9.17, 15) is 4.79 Å². The second-order valence-corrected chi connectivity index (χ2v) is 9.52. The molecule has 188 valence electrons. The van der Waals surface area contributed by atoms with E-state index in [-0.39, 0.29) is 19.1 Å². The molecule has 0 aromatic heterocycles. The molecule has 0 saturated carbocycles. The molecule has 36 heavy (non-hydrogen) atoms. The maximum absolute atomic E-state index is 13.4. The van der Waals surface area contributed by atoms with Gasteiger partial charge >= 0.3 is 0 Å². The first-order valence-electron chi connectivity index (χ1n) is 12.0. The number of carbonyl (C=O) groups is 1. The summed E-state index contributed by atoms with van der Waals surface area (Å²) in [6, 6.07) is 25.4. The van der Waals surface area contributed by atoms with Crippen LogP contribution in [0, 0.1) is 0 Å². The molecule has 1 aliphatic rings. The molecule has 1 aliphatic heterocycles. The molecule has 8 heteroatoms. The fraction of sp³-hybridized carbons (Fsp3) is 0.286. The first kappa shape index (κ1) is 25.9. The van der Waals surface area contributed by atoms with Crippen molar-refractivity contribution in [2.45, 2.75) is 24.8 Å². The Kier molecular flexibility index (Phi) is 9.11. The van der Waals surface area contributed by atoms with Crippen LogP contribution < -0.4 is 15.6 Å². The summed E-state index contributed by atoms with van der Waals surface area (Å²) in [5, 5.41) is 8.91. The lowest BCUT2D eigenvalue weighted by Crippen LogP contribution is -2.53. The Labute approximate surface area is 219 Å². The van der Waals surface area contributed by atoms with Gasteiger partial charge in [-0.1, -0.05) is 58.4 Å². The number of aliphatic hydroxyl groups excluding tert-OH is 1. The number of ether oxygens (including phenoxy) is 2. The lowest BCUT2D eigenvalue weighted by Gasteiger charge is -2.23. The van der Waals surface area contributed by atoms with E-state index in [2.05, 4.69) is 38.9 Å². The molecule has 0 spiro atoms. The first-order chi connectivity index (χ1) is 17.6. The van der Waals surface area contributed by atoms with Gasteiger partial charge in [-0.25, -0.2) is 10.4 Å². The molecule has 7 nitrogen and oxygen atoms in total. The Morgan fingerprint density at radius 3 is 2.50 bits per heavy atom. The van der Waals surface area contributed by atoms with Crippen molar-refractivity contribution in [1.29, 1.82) is 0 Å². The minimum absolute atomic E-state index is 0.0896. The van der Waals surface area contributed by atoms with Gasteiger partial charge in [0.05, 0.1) is 6.61 Å². The van der Waals surface area contributed by atoms with Gasteiger partial charge < -0.3 is 14.6 Å². The fourth-order valence-electron chi connectivity index (χ4n) is 3.88. The number of hydrogen-bond donors (Lipinski definition) is 3. The molecular formula is C28H30BrN3O4. The van der Waals surface area contributed by atoms with Crippen LogP contribution in [0.5, 0.6) is 5.75 Å². The van der Waals surface area contributed by atoms with Crippen LogP contribution in [0.1, 0.15) is 23.1 Å². The van der Waals surface area contributed by atoms with Gasteiger partial charge in [0.15, 0.2) is 5.54 Å². The van der Waals surface area contributed by atoms with Gasteiger partial charge in [-0.3, -0.25) is 10.2 Å². The summed E-state index contributed by atoms with van der Waals surface area (Å²) in [6.45, 7) is 1.27. The highest BCUT2D eigenvalue weighted by Gasteiger charge is 2.44. The van der Waals surface area contributed by atoms with Gasteiger partial charge in [-0.15, -0.1) is 0 Å². The van der Waals surface area contributed by atoms with Crippen molar-refractivity contribution in [3.63, 3.8) is 0 Å². The third-order valence-electron chi connectivity index (χ3n) is 5.85. The Balaban J connectivity index is 1.47. The molecule has 0 radical (unpaired) electrons. The van der Waals surface area contributed by atoms with Gasteiger partial charge in [0.25, 0.3) is 5.91 Å². The third-order valence-corrected chi connectivity index (χ3v) is 6.38. The number of halogens is 1. The Morgan fingerprint density at radius 2 is 1.78 bits per heavy atom. The van der Waals surface area contributed by atoms with Crippen molar-refractivity contribution in [3.05, 3.63) is 100 Å². The van der Waals surface area contributed by atoms with Crippen LogP contribution >= 0.6 is 15.9 Å². The van der Waals surface area contributed by atoms with Crippen molar-refractivity contribution >= 4 is 27.7 Å². The molecule has 0 fully saturated rings. The van der Waals surface area contributed by atoms with Gasteiger partial charge in [-0.2, -0.15) is 0 Å². The molecule has 4 rings (SSSR count). The Morgan fingerprint density at radius 1 is 1.03 bits per heavy atom. The number of aliphatic imine (C=N–C) groups is 1. The minimum atomic E-state index is -1.10. The van der Waals surface area contributed by atoms with Crippen LogP contribution in [0.15, 0.2) is 88.3 Å². The van der Waals surface area contributed by atoms with Gasteiger partial charge in [0.2, 0.25) is 5.90 Å². The predicted molar refractivity (Wildman–Crippen MR) is 143 cm³/mol. The monoisotopic (exact) mass is 551 g/mol. The second kappa shape index (κ2) is 12.7. The molecule has 0 aliphatic carbocycles. The second-order valence-electron chi connectivity index (χ2n) is 8.61. The maximum Gasteiger partial charge on any atom is 0.266 e. The van der Waals surface area contributed by atoms with Gasteiger partial charge in [-0.05, 0) is 53.9 Å². The van der Waals surface area contributed by atoms with E-state index >= 15 is 0 Å². The van der Waals surface area contributed by atoms with Gasteiger partial charge in [0, 0.05) is 36.0 Å².